The van der Waals surface area contributed by atoms with Crippen LogP contribution in [0.4, 0.5) is 10.5 Å². The van der Waals surface area contributed by atoms with Gasteiger partial charge in [0, 0.05) is 10.2 Å². The fraction of sp³-hybridized carbons (Fsp3) is 0. The highest BCUT2D eigenvalue weighted by Crippen LogP contribution is 2.24. The van der Waals surface area contributed by atoms with E-state index in [1.807, 2.05) is 0 Å². The lowest BCUT2D eigenvalue weighted by Crippen LogP contribution is -2.34. The van der Waals surface area contributed by atoms with Crippen LogP contribution in [0, 0.1) is 0 Å². The molecule has 0 unspecified atom stereocenters. The van der Waals surface area contributed by atoms with Crippen LogP contribution < -0.4 is 10.6 Å². The largest absolute Gasteiger partial charge is 0.326 e. The maximum atomic E-state index is 12.0. The van der Waals surface area contributed by atoms with Crippen LogP contribution >= 0.6 is 39.1 Å². The van der Waals surface area contributed by atoms with Gasteiger partial charge in [-0.2, -0.15) is 0 Å². The maximum absolute atomic E-state index is 12.0. The van der Waals surface area contributed by atoms with Crippen molar-refractivity contribution in [2.45, 2.75) is 0 Å². The first-order chi connectivity index (χ1) is 9.97. The van der Waals surface area contributed by atoms with Crippen LogP contribution in [0.15, 0.2) is 46.9 Å². The highest BCUT2D eigenvalue weighted by molar-refractivity contribution is 9.10. The van der Waals surface area contributed by atoms with Gasteiger partial charge in [-0.05, 0) is 36.4 Å². The first kappa shape index (κ1) is 15.8. The Balaban J connectivity index is 2.06. The zero-order chi connectivity index (χ0) is 15.4. The number of hydrogen-bond donors (Lipinski definition) is 2. The molecule has 0 saturated heterocycles. The monoisotopic (exact) mass is 386 g/mol. The summed E-state index contributed by atoms with van der Waals surface area (Å²) in [7, 11) is 0. The number of carbonyl (C=O) groups is 2. The van der Waals surface area contributed by atoms with Crippen molar-refractivity contribution in [2.24, 2.45) is 0 Å². The van der Waals surface area contributed by atoms with Gasteiger partial charge in [0.1, 0.15) is 0 Å². The minimum atomic E-state index is -0.668. The van der Waals surface area contributed by atoms with E-state index in [-0.39, 0.29) is 15.6 Å². The van der Waals surface area contributed by atoms with Gasteiger partial charge in [0.2, 0.25) is 0 Å². The van der Waals surface area contributed by atoms with Crippen molar-refractivity contribution in [3.8, 4) is 0 Å². The topological polar surface area (TPSA) is 58.2 Å². The third-order valence-corrected chi connectivity index (χ3v) is 3.68. The van der Waals surface area contributed by atoms with E-state index in [2.05, 4.69) is 26.6 Å². The molecule has 4 nitrogen and oxygen atoms in total. The van der Waals surface area contributed by atoms with E-state index in [1.54, 1.807) is 30.3 Å². The average molecular weight is 388 g/mol. The first-order valence-electron chi connectivity index (χ1n) is 5.79. The zero-order valence-electron chi connectivity index (χ0n) is 10.5. The zero-order valence-corrected chi connectivity index (χ0v) is 13.6. The van der Waals surface area contributed by atoms with E-state index in [1.165, 1.54) is 12.1 Å². The lowest BCUT2D eigenvalue weighted by molar-refractivity contribution is 0.0967. The SMILES string of the molecule is O=C(NC(=O)c1c(Cl)cccc1Cl)Nc1ccc(Br)cc1. The molecule has 0 aromatic heterocycles. The molecule has 0 aliphatic heterocycles. The fourth-order valence-electron chi connectivity index (χ4n) is 1.58. The first-order valence-corrected chi connectivity index (χ1v) is 7.34. The fourth-order valence-corrected chi connectivity index (χ4v) is 2.41. The number of nitrogens with one attached hydrogen (secondary N) is 2. The molecule has 2 aromatic carbocycles. The molecule has 0 aliphatic rings. The summed E-state index contributed by atoms with van der Waals surface area (Å²) < 4.78 is 0.882. The van der Waals surface area contributed by atoms with Crippen molar-refractivity contribution in [3.05, 3.63) is 62.5 Å². The Bertz CT molecular complexity index is 670. The highest BCUT2D eigenvalue weighted by atomic mass is 79.9. The highest BCUT2D eigenvalue weighted by Gasteiger charge is 2.16. The van der Waals surface area contributed by atoms with E-state index in [0.717, 1.165) is 4.47 Å². The lowest BCUT2D eigenvalue weighted by Gasteiger charge is -2.09. The smallest absolute Gasteiger partial charge is 0.308 e. The van der Waals surface area contributed by atoms with Crippen LogP contribution in [0.3, 0.4) is 0 Å². The lowest BCUT2D eigenvalue weighted by atomic mass is 10.2. The summed E-state index contributed by atoms with van der Waals surface area (Å²) in [5, 5.41) is 5.06. The third-order valence-electron chi connectivity index (χ3n) is 2.52. The van der Waals surface area contributed by atoms with Gasteiger partial charge in [0.05, 0.1) is 15.6 Å². The minimum Gasteiger partial charge on any atom is -0.308 e. The Morgan fingerprint density at radius 3 is 2.10 bits per heavy atom. The number of benzene rings is 2. The second-order valence-electron chi connectivity index (χ2n) is 4.01. The second-order valence-corrected chi connectivity index (χ2v) is 5.74. The van der Waals surface area contributed by atoms with E-state index in [4.69, 9.17) is 23.2 Å². The third kappa shape index (κ3) is 4.20. The molecule has 2 N–H and O–H groups in total. The van der Waals surface area contributed by atoms with Gasteiger partial charge in [0.15, 0.2) is 0 Å². The van der Waals surface area contributed by atoms with Crippen molar-refractivity contribution >= 4 is 56.8 Å². The van der Waals surface area contributed by atoms with Crippen molar-refractivity contribution in [2.75, 3.05) is 5.32 Å². The molecule has 0 saturated carbocycles. The van der Waals surface area contributed by atoms with Crippen molar-refractivity contribution in [1.82, 2.24) is 5.32 Å². The van der Waals surface area contributed by atoms with E-state index in [0.29, 0.717) is 5.69 Å². The molecule has 21 heavy (non-hydrogen) atoms. The van der Waals surface area contributed by atoms with Crippen LogP contribution in [0.1, 0.15) is 10.4 Å². The van der Waals surface area contributed by atoms with Gasteiger partial charge in [-0.15, -0.1) is 0 Å². The summed E-state index contributed by atoms with van der Waals surface area (Å²) in [6, 6.07) is 10.9. The standard InChI is InChI=1S/C14H9BrCl2N2O2/c15-8-4-6-9(7-5-8)18-14(21)19-13(20)12-10(16)2-1-3-11(12)17/h1-7H,(H2,18,19,20,21). The normalized spacial score (nSPS) is 10.0. The predicted octanol–water partition coefficient (Wildman–Crippen LogP) is 4.72. The summed E-state index contributed by atoms with van der Waals surface area (Å²) >= 11 is 15.1. The molecule has 0 bridgehead atoms. The summed E-state index contributed by atoms with van der Waals surface area (Å²) in [5.41, 5.74) is 0.612. The molecule has 2 rings (SSSR count). The van der Waals surface area contributed by atoms with E-state index < -0.39 is 11.9 Å². The number of anilines is 1. The van der Waals surface area contributed by atoms with Crippen LogP contribution in [0.25, 0.3) is 0 Å². The van der Waals surface area contributed by atoms with E-state index in [9.17, 15) is 9.59 Å². The number of amides is 3. The van der Waals surface area contributed by atoms with Gasteiger partial charge in [0.25, 0.3) is 5.91 Å². The van der Waals surface area contributed by atoms with Crippen LogP contribution in [0.2, 0.25) is 10.0 Å². The summed E-state index contributed by atoms with van der Waals surface area (Å²) in [4.78, 5) is 23.8. The Morgan fingerprint density at radius 2 is 1.52 bits per heavy atom. The Kier molecular flexibility index (Phi) is 5.22. The molecule has 3 amide bonds. The molecule has 2 aromatic rings. The number of hydrogen-bond acceptors (Lipinski definition) is 2. The molecular weight excluding hydrogens is 379 g/mol. The van der Waals surface area contributed by atoms with Crippen LogP contribution in [-0.4, -0.2) is 11.9 Å². The number of imide groups is 1. The van der Waals surface area contributed by atoms with Gasteiger partial charge >= 0.3 is 6.03 Å². The Labute approximate surface area is 139 Å². The molecule has 0 fully saturated rings. The summed E-state index contributed by atoms with van der Waals surface area (Å²) in [6.07, 6.45) is 0. The number of urea groups is 1. The Morgan fingerprint density at radius 1 is 0.952 bits per heavy atom. The minimum absolute atomic E-state index is 0.0618. The molecule has 0 atom stereocenters. The van der Waals surface area contributed by atoms with Crippen LogP contribution in [0.5, 0.6) is 0 Å². The molecule has 108 valence electrons. The van der Waals surface area contributed by atoms with Gasteiger partial charge in [-0.3, -0.25) is 10.1 Å². The quantitative estimate of drug-likeness (QED) is 0.783. The average Bonchev–Trinajstić information content (AvgIpc) is 2.41. The van der Waals surface area contributed by atoms with Crippen molar-refractivity contribution in [3.63, 3.8) is 0 Å². The van der Waals surface area contributed by atoms with Crippen molar-refractivity contribution < 1.29 is 9.59 Å². The van der Waals surface area contributed by atoms with Crippen LogP contribution in [-0.2, 0) is 0 Å². The Hall–Kier alpha value is -1.56. The summed E-state index contributed by atoms with van der Waals surface area (Å²) in [5.74, 6) is -0.666. The molecule has 0 heterocycles. The van der Waals surface area contributed by atoms with Crippen molar-refractivity contribution in [1.29, 1.82) is 0 Å². The van der Waals surface area contributed by atoms with Gasteiger partial charge < -0.3 is 5.32 Å². The number of halogens is 3. The van der Waals surface area contributed by atoms with Gasteiger partial charge in [-0.25, -0.2) is 4.79 Å². The molecule has 0 spiro atoms. The molecule has 0 radical (unpaired) electrons. The molecular formula is C14H9BrCl2N2O2. The maximum Gasteiger partial charge on any atom is 0.326 e. The van der Waals surface area contributed by atoms with Gasteiger partial charge in [-0.1, -0.05) is 45.2 Å². The molecule has 7 heteroatoms. The summed E-state index contributed by atoms with van der Waals surface area (Å²) in [6.45, 7) is 0. The predicted molar refractivity (Wildman–Crippen MR) is 87.1 cm³/mol. The second kappa shape index (κ2) is 6.93. The number of carbonyl (C=O) groups excluding carboxylic acids is 2. The molecule has 0 aliphatic carbocycles. The van der Waals surface area contributed by atoms with E-state index >= 15 is 0 Å². The number of rotatable bonds is 2.